The monoisotopic (exact) mass is 499 g/mol. The second-order valence-electron chi connectivity index (χ2n) is 9.03. The minimum atomic E-state index is -0.205. The molecule has 0 saturated carbocycles. The lowest BCUT2D eigenvalue weighted by molar-refractivity contribution is -0.113. The van der Waals surface area contributed by atoms with Crippen LogP contribution in [0.5, 0.6) is 0 Å². The molecule has 2 aromatic carbocycles. The minimum absolute atomic E-state index is 0.116. The van der Waals surface area contributed by atoms with E-state index in [1.54, 1.807) is 24.4 Å². The number of nitrogens with zero attached hydrogens (tertiary/aromatic N) is 4. The number of fused-ring (bicyclic) bond motifs is 1. The van der Waals surface area contributed by atoms with E-state index in [4.69, 9.17) is 0 Å². The molecule has 1 aliphatic heterocycles. The van der Waals surface area contributed by atoms with Crippen molar-refractivity contribution in [3.8, 4) is 5.82 Å². The number of carbonyl (C=O) groups is 1. The zero-order valence-electron chi connectivity index (χ0n) is 20.3. The molecular weight excluding hydrogens is 470 g/mol. The molecule has 0 bridgehead atoms. The van der Waals surface area contributed by atoms with Crippen molar-refractivity contribution in [3.05, 3.63) is 82.8 Å². The molecule has 36 heavy (non-hydrogen) atoms. The third kappa shape index (κ3) is 5.44. The molecule has 1 aliphatic rings. The van der Waals surface area contributed by atoms with Gasteiger partial charge < -0.3 is 10.2 Å². The first-order valence-corrected chi connectivity index (χ1v) is 13.3. The first kappa shape index (κ1) is 24.1. The number of hydrogen-bond acceptors (Lipinski definition) is 6. The quantitative estimate of drug-likeness (QED) is 0.290. The number of nitrogens with one attached hydrogen (secondary N) is 1. The highest BCUT2D eigenvalue weighted by atomic mass is 32.2. The lowest BCUT2D eigenvalue weighted by Crippen LogP contribution is -2.24. The Morgan fingerprint density at radius 3 is 2.44 bits per heavy atom. The fourth-order valence-corrected chi connectivity index (χ4v) is 5.22. The van der Waals surface area contributed by atoms with Gasteiger partial charge >= 0.3 is 0 Å². The van der Waals surface area contributed by atoms with Crippen LogP contribution in [0.2, 0.25) is 0 Å². The van der Waals surface area contributed by atoms with Crippen molar-refractivity contribution in [1.29, 1.82) is 0 Å². The van der Waals surface area contributed by atoms with Gasteiger partial charge in [-0.3, -0.25) is 9.59 Å². The number of hydrogen-bond donors (Lipinski definition) is 1. The molecule has 2 aromatic heterocycles. The summed E-state index contributed by atoms with van der Waals surface area (Å²) in [5.74, 6) is 0.439. The summed E-state index contributed by atoms with van der Waals surface area (Å²) in [4.78, 5) is 37.6. The Balaban J connectivity index is 1.32. The van der Waals surface area contributed by atoms with E-state index >= 15 is 0 Å². The van der Waals surface area contributed by atoms with Gasteiger partial charge in [0, 0.05) is 30.7 Å². The fourth-order valence-electron chi connectivity index (χ4n) is 4.42. The van der Waals surface area contributed by atoms with Gasteiger partial charge in [-0.05, 0) is 67.8 Å². The van der Waals surface area contributed by atoms with Crippen LogP contribution in [0.1, 0.15) is 31.2 Å². The van der Waals surface area contributed by atoms with E-state index in [1.807, 2.05) is 37.3 Å². The summed E-state index contributed by atoms with van der Waals surface area (Å²) in [6.07, 6.45) is 6.75. The number of pyridine rings is 1. The second-order valence-corrected chi connectivity index (χ2v) is 9.97. The minimum Gasteiger partial charge on any atom is -0.372 e. The van der Waals surface area contributed by atoms with Crippen molar-refractivity contribution in [3.63, 3.8) is 0 Å². The van der Waals surface area contributed by atoms with Crippen molar-refractivity contribution >= 4 is 39.9 Å². The Hall–Kier alpha value is -3.65. The molecule has 0 radical (unpaired) electrons. The highest BCUT2D eigenvalue weighted by Gasteiger charge is 2.16. The van der Waals surface area contributed by atoms with Crippen molar-refractivity contribution in [2.24, 2.45) is 0 Å². The summed E-state index contributed by atoms with van der Waals surface area (Å²) in [5, 5.41) is 3.91. The van der Waals surface area contributed by atoms with E-state index in [9.17, 15) is 9.59 Å². The van der Waals surface area contributed by atoms with Gasteiger partial charge in [0.05, 0.1) is 16.7 Å². The van der Waals surface area contributed by atoms with Crippen LogP contribution in [0.25, 0.3) is 16.7 Å². The molecule has 1 N–H and O–H groups in total. The lowest BCUT2D eigenvalue weighted by atomic mass is 10.2. The van der Waals surface area contributed by atoms with Crippen LogP contribution >= 0.6 is 11.8 Å². The van der Waals surface area contributed by atoms with Gasteiger partial charge in [0.1, 0.15) is 5.82 Å². The smallest absolute Gasteiger partial charge is 0.267 e. The SMILES string of the molecule is Cc1ccc(-n2c(SCC(=O)Nc3ccc(N4CCCCCC4)cc3)nc3ccccc3c2=O)nc1. The number of anilines is 2. The van der Waals surface area contributed by atoms with E-state index in [0.29, 0.717) is 21.9 Å². The Kier molecular flexibility index (Phi) is 7.32. The standard InChI is InChI=1S/C28H29N5O2S/c1-20-10-15-25(29-18-20)33-27(35)23-8-4-5-9-24(23)31-28(33)36-19-26(34)30-21-11-13-22(14-12-21)32-16-6-2-3-7-17-32/h4-5,8-15,18H,2-3,6-7,16-17,19H2,1H3,(H,30,34). The number of benzene rings is 2. The van der Waals surface area contributed by atoms with Gasteiger partial charge in [-0.1, -0.05) is 42.8 Å². The second kappa shape index (κ2) is 11.0. The highest BCUT2D eigenvalue weighted by molar-refractivity contribution is 7.99. The number of amides is 1. The molecule has 0 unspecified atom stereocenters. The van der Waals surface area contributed by atoms with Crippen molar-refractivity contribution in [2.75, 3.05) is 29.1 Å². The zero-order valence-corrected chi connectivity index (χ0v) is 21.1. The van der Waals surface area contributed by atoms with Gasteiger partial charge in [-0.25, -0.2) is 14.5 Å². The van der Waals surface area contributed by atoms with Crippen LogP contribution in [0, 0.1) is 6.92 Å². The first-order valence-electron chi connectivity index (χ1n) is 12.3. The zero-order chi connectivity index (χ0) is 24.9. The van der Waals surface area contributed by atoms with Gasteiger partial charge in [-0.2, -0.15) is 0 Å². The predicted molar refractivity (Wildman–Crippen MR) is 146 cm³/mol. The fraction of sp³-hybridized carbons (Fsp3) is 0.286. The topological polar surface area (TPSA) is 80.1 Å². The Labute approximate surface area is 214 Å². The average Bonchev–Trinajstić information content (AvgIpc) is 3.19. The summed E-state index contributed by atoms with van der Waals surface area (Å²) in [7, 11) is 0. The summed E-state index contributed by atoms with van der Waals surface area (Å²) < 4.78 is 1.48. The van der Waals surface area contributed by atoms with E-state index in [-0.39, 0.29) is 17.2 Å². The molecule has 0 aliphatic carbocycles. The van der Waals surface area contributed by atoms with Crippen molar-refractivity contribution < 1.29 is 4.79 Å². The molecule has 1 amide bonds. The number of thioether (sulfide) groups is 1. The van der Waals surface area contributed by atoms with Gasteiger partial charge in [0.2, 0.25) is 5.91 Å². The molecule has 0 atom stereocenters. The van der Waals surface area contributed by atoms with E-state index in [0.717, 1.165) is 24.3 Å². The first-order chi connectivity index (χ1) is 17.6. The maximum atomic E-state index is 13.3. The molecule has 8 heteroatoms. The highest BCUT2D eigenvalue weighted by Crippen LogP contribution is 2.23. The molecule has 5 rings (SSSR count). The molecule has 3 heterocycles. The number of rotatable bonds is 6. The van der Waals surface area contributed by atoms with E-state index in [2.05, 4.69) is 32.3 Å². The van der Waals surface area contributed by atoms with Crippen LogP contribution in [-0.2, 0) is 4.79 Å². The van der Waals surface area contributed by atoms with E-state index < -0.39 is 0 Å². The average molecular weight is 500 g/mol. The Morgan fingerprint density at radius 1 is 0.972 bits per heavy atom. The number of para-hydroxylation sites is 1. The third-order valence-corrected chi connectivity index (χ3v) is 7.26. The summed E-state index contributed by atoms with van der Waals surface area (Å²) in [6, 6.07) is 19.0. The molecule has 184 valence electrons. The van der Waals surface area contributed by atoms with Crippen molar-refractivity contribution in [1.82, 2.24) is 14.5 Å². The Bertz CT molecular complexity index is 1410. The summed E-state index contributed by atoms with van der Waals surface area (Å²) in [6.45, 7) is 4.11. The summed E-state index contributed by atoms with van der Waals surface area (Å²) in [5.41, 5.74) is 3.33. The largest absolute Gasteiger partial charge is 0.372 e. The molecule has 1 fully saturated rings. The molecule has 0 spiro atoms. The molecular formula is C28H29N5O2S. The van der Waals surface area contributed by atoms with Crippen molar-refractivity contribution in [2.45, 2.75) is 37.8 Å². The molecule has 7 nitrogen and oxygen atoms in total. The van der Waals surface area contributed by atoms with Crippen LogP contribution in [0.15, 0.2) is 76.8 Å². The number of carbonyl (C=O) groups excluding carboxylic acids is 1. The van der Waals surface area contributed by atoms with Crippen LogP contribution < -0.4 is 15.8 Å². The predicted octanol–water partition coefficient (Wildman–Crippen LogP) is 5.20. The third-order valence-electron chi connectivity index (χ3n) is 6.32. The van der Waals surface area contributed by atoms with Gasteiger partial charge in [0.15, 0.2) is 5.16 Å². The van der Waals surface area contributed by atoms with E-state index in [1.165, 1.54) is 47.7 Å². The lowest BCUT2D eigenvalue weighted by Gasteiger charge is -2.22. The summed E-state index contributed by atoms with van der Waals surface area (Å²) >= 11 is 1.22. The number of aromatic nitrogens is 3. The molecule has 4 aromatic rings. The normalized spacial score (nSPS) is 14.0. The number of aryl methyl sites for hydroxylation is 1. The van der Waals surface area contributed by atoms with Gasteiger partial charge in [0.25, 0.3) is 5.56 Å². The maximum Gasteiger partial charge on any atom is 0.267 e. The van der Waals surface area contributed by atoms with Gasteiger partial charge in [-0.15, -0.1) is 0 Å². The molecule has 1 saturated heterocycles. The Morgan fingerprint density at radius 2 is 1.72 bits per heavy atom. The van der Waals surface area contributed by atoms with Crippen LogP contribution in [-0.4, -0.2) is 39.3 Å². The maximum absolute atomic E-state index is 13.3. The van der Waals surface area contributed by atoms with Crippen LogP contribution in [0.4, 0.5) is 11.4 Å². The van der Waals surface area contributed by atoms with Crippen LogP contribution in [0.3, 0.4) is 0 Å².